The van der Waals surface area contributed by atoms with E-state index in [1.54, 1.807) is 12.4 Å². The minimum atomic E-state index is 0.362. The second-order valence-electron chi connectivity index (χ2n) is 3.30. The first kappa shape index (κ1) is 9.14. The van der Waals surface area contributed by atoms with Crippen molar-refractivity contribution >= 4 is 28.5 Å². The van der Waals surface area contributed by atoms with Gasteiger partial charge in [0.2, 0.25) is 5.95 Å². The quantitative estimate of drug-likeness (QED) is 0.797. The first-order valence-corrected chi connectivity index (χ1v) is 5.31. The first-order valence-electron chi connectivity index (χ1n) is 4.23. The molecule has 0 spiro atoms. The molecule has 0 unspecified atom stereocenters. The molecule has 1 heterocycles. The Morgan fingerprint density at radius 1 is 1.38 bits per heavy atom. The maximum absolute atomic E-state index is 5.66. The highest BCUT2D eigenvalue weighted by Crippen LogP contribution is 2.20. The van der Waals surface area contributed by atoms with Gasteiger partial charge in [0.25, 0.3) is 0 Å². The van der Waals surface area contributed by atoms with Gasteiger partial charge < -0.3 is 11.1 Å². The summed E-state index contributed by atoms with van der Waals surface area (Å²) in [6.07, 6.45) is 5.65. The molecular formula is C8H11IN4. The lowest BCUT2D eigenvalue weighted by Gasteiger charge is -2.32. The Labute approximate surface area is 90.5 Å². The monoisotopic (exact) mass is 290 g/mol. The number of nitrogens with one attached hydrogen (secondary N) is 1. The molecule has 0 aliphatic heterocycles. The fraction of sp³-hybridized carbons (Fsp3) is 0.500. The molecule has 4 nitrogen and oxygen atoms in total. The number of nitrogens with two attached hydrogens (primary N) is 1. The van der Waals surface area contributed by atoms with Gasteiger partial charge in [0, 0.05) is 28.0 Å². The standard InChI is InChI=1S/C8H11IN4/c9-5-3-11-8(12-4-5)13-7-1-6(10)2-7/h3-4,6-7H,1-2,10H2,(H,11,12,13). The van der Waals surface area contributed by atoms with E-state index in [1.165, 1.54) is 0 Å². The Morgan fingerprint density at radius 2 is 2.00 bits per heavy atom. The molecule has 70 valence electrons. The van der Waals surface area contributed by atoms with Crippen molar-refractivity contribution in [3.8, 4) is 0 Å². The van der Waals surface area contributed by atoms with Crippen molar-refractivity contribution < 1.29 is 0 Å². The molecule has 5 heteroatoms. The fourth-order valence-electron chi connectivity index (χ4n) is 1.35. The SMILES string of the molecule is NC1CC(Nc2ncc(I)cn2)C1. The van der Waals surface area contributed by atoms with Crippen LogP contribution in [0.3, 0.4) is 0 Å². The van der Waals surface area contributed by atoms with E-state index in [0.717, 1.165) is 16.4 Å². The minimum absolute atomic E-state index is 0.362. The van der Waals surface area contributed by atoms with Gasteiger partial charge in [-0.25, -0.2) is 9.97 Å². The lowest BCUT2D eigenvalue weighted by Crippen LogP contribution is -2.44. The summed E-state index contributed by atoms with van der Waals surface area (Å²) in [6.45, 7) is 0. The van der Waals surface area contributed by atoms with Crippen LogP contribution in [0.2, 0.25) is 0 Å². The normalized spacial score (nSPS) is 26.6. The second-order valence-corrected chi connectivity index (χ2v) is 4.54. The van der Waals surface area contributed by atoms with Crippen LogP contribution >= 0.6 is 22.6 Å². The van der Waals surface area contributed by atoms with Crippen molar-refractivity contribution in [2.24, 2.45) is 5.73 Å². The zero-order chi connectivity index (χ0) is 9.26. The van der Waals surface area contributed by atoms with Crippen LogP contribution in [0.1, 0.15) is 12.8 Å². The van der Waals surface area contributed by atoms with E-state index >= 15 is 0 Å². The summed E-state index contributed by atoms with van der Waals surface area (Å²) < 4.78 is 1.05. The van der Waals surface area contributed by atoms with Crippen LogP contribution in [0.5, 0.6) is 0 Å². The Morgan fingerprint density at radius 3 is 2.54 bits per heavy atom. The predicted molar refractivity (Wildman–Crippen MR) is 59.4 cm³/mol. The van der Waals surface area contributed by atoms with Crippen molar-refractivity contribution in [2.45, 2.75) is 24.9 Å². The van der Waals surface area contributed by atoms with E-state index in [4.69, 9.17) is 5.73 Å². The Hall–Kier alpha value is -0.430. The molecule has 1 aromatic heterocycles. The second kappa shape index (κ2) is 3.75. The zero-order valence-electron chi connectivity index (χ0n) is 7.07. The van der Waals surface area contributed by atoms with Crippen molar-refractivity contribution in [3.05, 3.63) is 16.0 Å². The number of aromatic nitrogens is 2. The molecule has 13 heavy (non-hydrogen) atoms. The van der Waals surface area contributed by atoms with Crippen LogP contribution < -0.4 is 11.1 Å². The third-order valence-electron chi connectivity index (χ3n) is 2.13. The summed E-state index contributed by atoms with van der Waals surface area (Å²) in [7, 11) is 0. The van der Waals surface area contributed by atoms with E-state index in [9.17, 15) is 0 Å². The van der Waals surface area contributed by atoms with E-state index < -0.39 is 0 Å². The average Bonchev–Trinajstić information content (AvgIpc) is 2.06. The smallest absolute Gasteiger partial charge is 0.222 e. The summed E-state index contributed by atoms with van der Waals surface area (Å²) in [4.78, 5) is 8.31. The molecule has 2 rings (SSSR count). The maximum atomic E-state index is 5.66. The fourth-order valence-corrected chi connectivity index (χ4v) is 1.63. The maximum Gasteiger partial charge on any atom is 0.222 e. The molecule has 0 aromatic carbocycles. The van der Waals surface area contributed by atoms with Crippen molar-refractivity contribution in [1.82, 2.24) is 9.97 Å². The Kier molecular flexibility index (Phi) is 2.63. The number of halogens is 1. The molecule has 1 aliphatic carbocycles. The minimum Gasteiger partial charge on any atom is -0.351 e. The number of hydrogen-bond acceptors (Lipinski definition) is 4. The van der Waals surface area contributed by atoms with E-state index in [0.29, 0.717) is 18.0 Å². The molecule has 3 N–H and O–H groups in total. The van der Waals surface area contributed by atoms with Crippen molar-refractivity contribution in [3.63, 3.8) is 0 Å². The lowest BCUT2D eigenvalue weighted by atomic mass is 9.88. The summed E-state index contributed by atoms with van der Waals surface area (Å²) in [5.41, 5.74) is 5.66. The first-order chi connectivity index (χ1) is 6.24. The number of anilines is 1. The molecule has 1 saturated carbocycles. The van der Waals surface area contributed by atoms with Gasteiger partial charge in [-0.1, -0.05) is 0 Å². The molecule has 1 aliphatic rings. The van der Waals surface area contributed by atoms with Gasteiger partial charge in [-0.15, -0.1) is 0 Å². The van der Waals surface area contributed by atoms with Crippen LogP contribution in [0.15, 0.2) is 12.4 Å². The highest BCUT2D eigenvalue weighted by molar-refractivity contribution is 14.1. The number of hydrogen-bond donors (Lipinski definition) is 2. The molecule has 1 fully saturated rings. The number of rotatable bonds is 2. The molecule has 0 saturated heterocycles. The average molecular weight is 290 g/mol. The largest absolute Gasteiger partial charge is 0.351 e. The number of nitrogens with zero attached hydrogens (tertiary/aromatic N) is 2. The highest BCUT2D eigenvalue weighted by Gasteiger charge is 2.25. The van der Waals surface area contributed by atoms with Gasteiger partial charge in [0.1, 0.15) is 0 Å². The molecular weight excluding hydrogens is 279 g/mol. The third kappa shape index (κ3) is 2.28. The molecule has 1 aromatic rings. The summed E-state index contributed by atoms with van der Waals surface area (Å²) in [5, 5.41) is 3.23. The summed E-state index contributed by atoms with van der Waals surface area (Å²) in [5.74, 6) is 0.706. The van der Waals surface area contributed by atoms with Gasteiger partial charge in [-0.05, 0) is 35.4 Å². The zero-order valence-corrected chi connectivity index (χ0v) is 9.23. The van der Waals surface area contributed by atoms with E-state index in [2.05, 4.69) is 37.9 Å². The van der Waals surface area contributed by atoms with Gasteiger partial charge in [0.15, 0.2) is 0 Å². The van der Waals surface area contributed by atoms with Crippen LogP contribution in [-0.4, -0.2) is 22.1 Å². The van der Waals surface area contributed by atoms with Gasteiger partial charge in [0.05, 0.1) is 0 Å². The van der Waals surface area contributed by atoms with E-state index in [1.807, 2.05) is 0 Å². The molecule has 0 amide bonds. The third-order valence-corrected chi connectivity index (χ3v) is 2.69. The van der Waals surface area contributed by atoms with Gasteiger partial charge >= 0.3 is 0 Å². The molecule has 0 atom stereocenters. The Bertz CT molecular complexity index is 281. The molecule has 0 radical (unpaired) electrons. The van der Waals surface area contributed by atoms with Crippen LogP contribution in [0.4, 0.5) is 5.95 Å². The Balaban J connectivity index is 1.91. The van der Waals surface area contributed by atoms with Gasteiger partial charge in [-0.3, -0.25) is 0 Å². The predicted octanol–water partition coefficient (Wildman–Crippen LogP) is 0.983. The van der Waals surface area contributed by atoms with Crippen molar-refractivity contribution in [1.29, 1.82) is 0 Å². The summed E-state index contributed by atoms with van der Waals surface area (Å²) in [6, 6.07) is 0.830. The van der Waals surface area contributed by atoms with E-state index in [-0.39, 0.29) is 0 Å². The molecule has 0 bridgehead atoms. The van der Waals surface area contributed by atoms with Crippen LogP contribution in [-0.2, 0) is 0 Å². The van der Waals surface area contributed by atoms with Gasteiger partial charge in [-0.2, -0.15) is 0 Å². The topological polar surface area (TPSA) is 63.8 Å². The lowest BCUT2D eigenvalue weighted by molar-refractivity contribution is 0.372. The van der Waals surface area contributed by atoms with Crippen LogP contribution in [0, 0.1) is 3.57 Å². The summed E-state index contributed by atoms with van der Waals surface area (Å²) >= 11 is 2.18. The van der Waals surface area contributed by atoms with Crippen LogP contribution in [0.25, 0.3) is 0 Å². The highest BCUT2D eigenvalue weighted by atomic mass is 127. The van der Waals surface area contributed by atoms with Crippen molar-refractivity contribution in [2.75, 3.05) is 5.32 Å².